The molecule has 1 atom stereocenters. The molecule has 0 spiro atoms. The Hall–Kier alpha value is -3.09. The van der Waals surface area contributed by atoms with Gasteiger partial charge in [0.25, 0.3) is 0 Å². The number of hydrogen-bond donors (Lipinski definition) is 0. The molecule has 0 saturated carbocycles. The summed E-state index contributed by atoms with van der Waals surface area (Å²) in [4.78, 5) is 10.9. The second-order valence-electron chi connectivity index (χ2n) is 6.64. The third-order valence-electron chi connectivity index (χ3n) is 4.60. The van der Waals surface area contributed by atoms with E-state index in [2.05, 4.69) is 25.1 Å². The van der Waals surface area contributed by atoms with E-state index in [9.17, 15) is 4.39 Å². The lowest BCUT2D eigenvalue weighted by molar-refractivity contribution is 0.249. The van der Waals surface area contributed by atoms with E-state index in [1.807, 2.05) is 13.0 Å². The quantitative estimate of drug-likeness (QED) is 0.691. The fourth-order valence-corrected chi connectivity index (χ4v) is 3.20. The SMILES string of the molecule is Cc1nccc(N2CCC(COc3ccc(-c4cccc(F)c4)nn3)C2)n1. The second-order valence-corrected chi connectivity index (χ2v) is 6.64. The molecular weight excluding hydrogens is 345 g/mol. The first kappa shape index (κ1) is 17.3. The molecule has 0 N–H and O–H groups in total. The lowest BCUT2D eigenvalue weighted by Gasteiger charge is -2.17. The van der Waals surface area contributed by atoms with Crippen LogP contribution in [-0.4, -0.2) is 39.9 Å². The average molecular weight is 365 g/mol. The van der Waals surface area contributed by atoms with Crippen LogP contribution >= 0.6 is 0 Å². The maximum Gasteiger partial charge on any atom is 0.233 e. The molecule has 0 amide bonds. The van der Waals surface area contributed by atoms with Gasteiger partial charge in [-0.25, -0.2) is 14.4 Å². The van der Waals surface area contributed by atoms with E-state index in [4.69, 9.17) is 4.74 Å². The fourth-order valence-electron chi connectivity index (χ4n) is 3.20. The number of ether oxygens (including phenoxy) is 1. The van der Waals surface area contributed by atoms with Gasteiger partial charge in [0.05, 0.1) is 12.3 Å². The topological polar surface area (TPSA) is 64.0 Å². The summed E-state index contributed by atoms with van der Waals surface area (Å²) >= 11 is 0. The summed E-state index contributed by atoms with van der Waals surface area (Å²) < 4.78 is 19.1. The van der Waals surface area contributed by atoms with Gasteiger partial charge in [-0.3, -0.25) is 0 Å². The summed E-state index contributed by atoms with van der Waals surface area (Å²) in [5.41, 5.74) is 1.31. The highest BCUT2D eigenvalue weighted by Crippen LogP contribution is 2.23. The van der Waals surface area contributed by atoms with Crippen LogP contribution in [0.5, 0.6) is 5.88 Å². The van der Waals surface area contributed by atoms with Crippen molar-refractivity contribution in [3.05, 3.63) is 60.3 Å². The Balaban J connectivity index is 1.33. The van der Waals surface area contributed by atoms with Gasteiger partial charge in [0.15, 0.2) is 0 Å². The van der Waals surface area contributed by atoms with Gasteiger partial charge in [0.1, 0.15) is 17.5 Å². The van der Waals surface area contributed by atoms with E-state index in [1.165, 1.54) is 12.1 Å². The van der Waals surface area contributed by atoms with E-state index in [0.717, 1.165) is 31.2 Å². The first-order valence-electron chi connectivity index (χ1n) is 8.94. The summed E-state index contributed by atoms with van der Waals surface area (Å²) in [6.07, 6.45) is 2.83. The first-order valence-corrected chi connectivity index (χ1v) is 8.94. The predicted octanol–water partition coefficient (Wildman–Crippen LogP) is 3.29. The van der Waals surface area contributed by atoms with Crippen molar-refractivity contribution in [1.82, 2.24) is 20.2 Å². The standard InChI is InChI=1S/C20H20FN5O/c1-14-22-9-7-19(23-14)26-10-8-15(12-26)13-27-20-6-5-18(24-25-20)16-3-2-4-17(21)11-16/h2-7,9,11,15H,8,10,12-13H2,1H3. The lowest BCUT2D eigenvalue weighted by Crippen LogP contribution is -2.23. The molecule has 27 heavy (non-hydrogen) atoms. The van der Waals surface area contributed by atoms with Crippen molar-refractivity contribution in [3.63, 3.8) is 0 Å². The molecule has 0 bridgehead atoms. The molecule has 3 aromatic rings. The Morgan fingerprint density at radius 2 is 2.11 bits per heavy atom. The zero-order valence-corrected chi connectivity index (χ0v) is 15.0. The van der Waals surface area contributed by atoms with Crippen LogP contribution in [0.1, 0.15) is 12.2 Å². The van der Waals surface area contributed by atoms with Gasteiger partial charge < -0.3 is 9.64 Å². The Bertz CT molecular complexity index is 918. The van der Waals surface area contributed by atoms with Gasteiger partial charge in [-0.1, -0.05) is 12.1 Å². The molecular formula is C20H20FN5O. The van der Waals surface area contributed by atoms with Crippen LogP contribution in [0.25, 0.3) is 11.3 Å². The van der Waals surface area contributed by atoms with E-state index in [1.54, 1.807) is 30.5 Å². The number of aryl methyl sites for hydroxylation is 1. The van der Waals surface area contributed by atoms with Crippen molar-refractivity contribution in [3.8, 4) is 17.1 Å². The minimum absolute atomic E-state index is 0.292. The Kier molecular flexibility index (Phi) is 4.91. The van der Waals surface area contributed by atoms with Crippen LogP contribution in [0.4, 0.5) is 10.2 Å². The summed E-state index contributed by atoms with van der Waals surface area (Å²) in [6.45, 7) is 4.32. The van der Waals surface area contributed by atoms with E-state index in [0.29, 0.717) is 29.7 Å². The summed E-state index contributed by atoms with van der Waals surface area (Å²) in [7, 11) is 0. The van der Waals surface area contributed by atoms with E-state index >= 15 is 0 Å². The van der Waals surface area contributed by atoms with Crippen LogP contribution in [0.2, 0.25) is 0 Å². The zero-order valence-electron chi connectivity index (χ0n) is 15.0. The summed E-state index contributed by atoms with van der Waals surface area (Å²) in [5.74, 6) is 2.33. The average Bonchev–Trinajstić information content (AvgIpc) is 3.16. The van der Waals surface area contributed by atoms with Crippen molar-refractivity contribution in [2.45, 2.75) is 13.3 Å². The number of hydrogen-bond acceptors (Lipinski definition) is 6. The zero-order chi connectivity index (χ0) is 18.6. The lowest BCUT2D eigenvalue weighted by atomic mass is 10.1. The monoisotopic (exact) mass is 365 g/mol. The Morgan fingerprint density at radius 3 is 2.89 bits per heavy atom. The van der Waals surface area contributed by atoms with Crippen molar-refractivity contribution >= 4 is 5.82 Å². The normalized spacial score (nSPS) is 16.5. The summed E-state index contributed by atoms with van der Waals surface area (Å²) in [6, 6.07) is 11.8. The maximum atomic E-state index is 13.3. The Morgan fingerprint density at radius 1 is 1.19 bits per heavy atom. The van der Waals surface area contributed by atoms with Gasteiger partial charge in [-0.05, 0) is 37.6 Å². The van der Waals surface area contributed by atoms with Gasteiger partial charge in [-0.15, -0.1) is 10.2 Å². The first-order chi connectivity index (χ1) is 13.2. The van der Waals surface area contributed by atoms with E-state index < -0.39 is 0 Å². The minimum atomic E-state index is -0.292. The molecule has 4 rings (SSSR count). The molecule has 0 radical (unpaired) electrons. The minimum Gasteiger partial charge on any atom is -0.476 e. The van der Waals surface area contributed by atoms with Gasteiger partial charge in [-0.2, -0.15) is 0 Å². The smallest absolute Gasteiger partial charge is 0.233 e. The van der Waals surface area contributed by atoms with Crippen LogP contribution in [0.15, 0.2) is 48.7 Å². The Labute approximate surface area is 157 Å². The predicted molar refractivity (Wildman–Crippen MR) is 100 cm³/mol. The molecule has 1 unspecified atom stereocenters. The highest BCUT2D eigenvalue weighted by atomic mass is 19.1. The van der Waals surface area contributed by atoms with E-state index in [-0.39, 0.29) is 5.82 Å². The summed E-state index contributed by atoms with van der Waals surface area (Å²) in [5, 5.41) is 8.24. The molecule has 1 fully saturated rings. The number of anilines is 1. The fraction of sp³-hybridized carbons (Fsp3) is 0.300. The van der Waals surface area contributed by atoms with Gasteiger partial charge >= 0.3 is 0 Å². The molecule has 0 aliphatic carbocycles. The number of aromatic nitrogens is 4. The molecule has 7 heteroatoms. The highest BCUT2D eigenvalue weighted by Gasteiger charge is 2.24. The molecule has 1 aliphatic heterocycles. The molecule has 3 heterocycles. The maximum absolute atomic E-state index is 13.3. The van der Waals surface area contributed by atoms with Gasteiger partial charge in [0, 0.05) is 36.8 Å². The largest absolute Gasteiger partial charge is 0.476 e. The molecule has 1 aromatic carbocycles. The number of benzene rings is 1. The molecule has 138 valence electrons. The molecule has 1 saturated heterocycles. The third kappa shape index (κ3) is 4.19. The number of rotatable bonds is 5. The van der Waals surface area contributed by atoms with Crippen LogP contribution in [0, 0.1) is 18.7 Å². The molecule has 2 aromatic heterocycles. The second kappa shape index (κ2) is 7.65. The van der Waals surface area contributed by atoms with Crippen LogP contribution in [0.3, 0.4) is 0 Å². The molecule has 1 aliphatic rings. The van der Waals surface area contributed by atoms with Crippen molar-refractivity contribution in [1.29, 1.82) is 0 Å². The van der Waals surface area contributed by atoms with Crippen LogP contribution < -0.4 is 9.64 Å². The molecule has 6 nitrogen and oxygen atoms in total. The number of nitrogens with zero attached hydrogens (tertiary/aromatic N) is 5. The third-order valence-corrected chi connectivity index (χ3v) is 4.60. The van der Waals surface area contributed by atoms with Crippen LogP contribution in [-0.2, 0) is 0 Å². The van der Waals surface area contributed by atoms with Crippen molar-refractivity contribution in [2.24, 2.45) is 5.92 Å². The number of halogens is 1. The van der Waals surface area contributed by atoms with Gasteiger partial charge in [0.2, 0.25) is 5.88 Å². The van der Waals surface area contributed by atoms with Crippen molar-refractivity contribution in [2.75, 3.05) is 24.6 Å². The highest BCUT2D eigenvalue weighted by molar-refractivity contribution is 5.58. The van der Waals surface area contributed by atoms with Crippen molar-refractivity contribution < 1.29 is 9.13 Å².